The number of piperidine rings is 1. The van der Waals surface area contributed by atoms with E-state index in [9.17, 15) is 14.4 Å². The summed E-state index contributed by atoms with van der Waals surface area (Å²) in [5, 5.41) is 11.6. The van der Waals surface area contributed by atoms with E-state index in [1.807, 2.05) is 25.7 Å². The van der Waals surface area contributed by atoms with Crippen LogP contribution in [-0.4, -0.2) is 47.5 Å². The molecule has 7 heteroatoms. The molecule has 1 aromatic carbocycles. The summed E-state index contributed by atoms with van der Waals surface area (Å²) in [6.45, 7) is 6.40. The van der Waals surface area contributed by atoms with E-state index in [4.69, 9.17) is 9.84 Å². The zero-order valence-electron chi connectivity index (χ0n) is 15.4. The van der Waals surface area contributed by atoms with Gasteiger partial charge in [-0.3, -0.25) is 9.59 Å². The van der Waals surface area contributed by atoms with Gasteiger partial charge in [0, 0.05) is 30.6 Å². The number of anilines is 1. The molecule has 0 aliphatic carbocycles. The fourth-order valence-electron chi connectivity index (χ4n) is 2.97. The Labute approximate surface area is 153 Å². The Morgan fingerprint density at radius 1 is 1.27 bits per heavy atom. The van der Waals surface area contributed by atoms with E-state index in [-0.39, 0.29) is 23.7 Å². The minimum absolute atomic E-state index is 0.0233. The van der Waals surface area contributed by atoms with Gasteiger partial charge in [-0.1, -0.05) is 13.8 Å². The highest BCUT2D eigenvalue weighted by atomic mass is 16.5. The van der Waals surface area contributed by atoms with Gasteiger partial charge >= 0.3 is 5.97 Å². The monoisotopic (exact) mass is 362 g/mol. The Morgan fingerprint density at radius 3 is 2.46 bits per heavy atom. The predicted molar refractivity (Wildman–Crippen MR) is 97.1 cm³/mol. The molecule has 1 aromatic rings. The normalized spacial score (nSPS) is 15.0. The van der Waals surface area contributed by atoms with Gasteiger partial charge in [-0.25, -0.2) is 4.79 Å². The van der Waals surface area contributed by atoms with Crippen molar-refractivity contribution in [1.82, 2.24) is 4.90 Å². The number of benzene rings is 1. The fourth-order valence-corrected chi connectivity index (χ4v) is 2.97. The summed E-state index contributed by atoms with van der Waals surface area (Å²) in [6.07, 6.45) is 1.31. The van der Waals surface area contributed by atoms with E-state index >= 15 is 0 Å². The lowest BCUT2D eigenvalue weighted by molar-refractivity contribution is -0.139. The quantitative estimate of drug-likeness (QED) is 0.809. The van der Waals surface area contributed by atoms with Crippen molar-refractivity contribution in [3.05, 3.63) is 23.8 Å². The van der Waals surface area contributed by atoms with Crippen molar-refractivity contribution >= 4 is 23.5 Å². The number of carbonyl (C=O) groups excluding carboxylic acids is 2. The summed E-state index contributed by atoms with van der Waals surface area (Å²) in [5.41, 5.74) is 1.48. The molecule has 2 rings (SSSR count). The van der Waals surface area contributed by atoms with Gasteiger partial charge in [0.1, 0.15) is 5.75 Å². The Bertz CT molecular complexity index is 679. The molecule has 7 nitrogen and oxygen atoms in total. The summed E-state index contributed by atoms with van der Waals surface area (Å²) in [7, 11) is 0. The largest absolute Gasteiger partial charge is 0.482 e. The van der Waals surface area contributed by atoms with Crippen LogP contribution >= 0.6 is 0 Å². The van der Waals surface area contributed by atoms with Gasteiger partial charge in [0.25, 0.3) is 0 Å². The molecule has 2 N–H and O–H groups in total. The molecule has 0 radical (unpaired) electrons. The minimum Gasteiger partial charge on any atom is -0.482 e. The number of likely N-dealkylation sites (tertiary alicyclic amines) is 1. The molecule has 1 aliphatic heterocycles. The van der Waals surface area contributed by atoms with Gasteiger partial charge in [0.2, 0.25) is 11.8 Å². The number of aryl methyl sites for hydroxylation is 1. The summed E-state index contributed by atoms with van der Waals surface area (Å²) in [4.78, 5) is 36.9. The van der Waals surface area contributed by atoms with Gasteiger partial charge in [-0.15, -0.1) is 0 Å². The van der Waals surface area contributed by atoms with E-state index in [1.165, 1.54) is 0 Å². The van der Waals surface area contributed by atoms with Gasteiger partial charge in [-0.2, -0.15) is 0 Å². The first-order valence-electron chi connectivity index (χ1n) is 8.82. The van der Waals surface area contributed by atoms with Crippen molar-refractivity contribution < 1.29 is 24.2 Å². The molecule has 2 amide bonds. The lowest BCUT2D eigenvalue weighted by Crippen LogP contribution is -2.43. The first kappa shape index (κ1) is 19.8. The Balaban J connectivity index is 1.90. The second-order valence-corrected chi connectivity index (χ2v) is 6.90. The molecule has 1 heterocycles. The van der Waals surface area contributed by atoms with E-state index in [2.05, 4.69) is 5.32 Å². The second-order valence-electron chi connectivity index (χ2n) is 6.90. The average Bonchev–Trinajstić information content (AvgIpc) is 2.61. The summed E-state index contributed by atoms with van der Waals surface area (Å²) >= 11 is 0. The van der Waals surface area contributed by atoms with E-state index < -0.39 is 12.6 Å². The van der Waals surface area contributed by atoms with Crippen LogP contribution in [0.4, 0.5) is 5.69 Å². The predicted octanol–water partition coefficient (Wildman–Crippen LogP) is 2.29. The maximum Gasteiger partial charge on any atom is 0.341 e. The number of nitrogens with zero attached hydrogens (tertiary/aromatic N) is 1. The Kier molecular flexibility index (Phi) is 6.60. The zero-order chi connectivity index (χ0) is 19.3. The number of rotatable bonds is 6. The molecule has 142 valence electrons. The van der Waals surface area contributed by atoms with Crippen LogP contribution in [0.5, 0.6) is 5.75 Å². The fraction of sp³-hybridized carbons (Fsp3) is 0.526. The molecule has 0 spiro atoms. The Morgan fingerprint density at radius 2 is 1.92 bits per heavy atom. The molecule has 1 fully saturated rings. The van der Waals surface area contributed by atoms with Crippen molar-refractivity contribution in [2.24, 2.45) is 11.8 Å². The van der Waals surface area contributed by atoms with E-state index in [0.717, 1.165) is 5.56 Å². The molecule has 26 heavy (non-hydrogen) atoms. The number of carboxylic acid groups (broad SMARTS) is 1. The van der Waals surface area contributed by atoms with Crippen LogP contribution in [0.15, 0.2) is 18.2 Å². The van der Waals surface area contributed by atoms with Crippen molar-refractivity contribution in [1.29, 1.82) is 0 Å². The molecule has 0 unspecified atom stereocenters. The number of amides is 2. The molecule has 0 saturated carbocycles. The van der Waals surface area contributed by atoms with E-state index in [1.54, 1.807) is 18.2 Å². The van der Waals surface area contributed by atoms with E-state index in [0.29, 0.717) is 37.4 Å². The van der Waals surface area contributed by atoms with Crippen molar-refractivity contribution in [3.8, 4) is 5.75 Å². The second kappa shape index (κ2) is 8.69. The topological polar surface area (TPSA) is 95.9 Å². The first-order valence-corrected chi connectivity index (χ1v) is 8.82. The summed E-state index contributed by atoms with van der Waals surface area (Å²) < 4.78 is 5.13. The lowest BCUT2D eigenvalue weighted by Gasteiger charge is -2.32. The van der Waals surface area contributed by atoms with Crippen molar-refractivity contribution in [2.75, 3.05) is 25.0 Å². The number of carboxylic acids is 1. The molecule has 0 aromatic heterocycles. The number of nitrogens with one attached hydrogen (secondary N) is 1. The van der Waals surface area contributed by atoms with Crippen LogP contribution in [0.2, 0.25) is 0 Å². The van der Waals surface area contributed by atoms with Gasteiger partial charge in [-0.05, 0) is 43.5 Å². The SMILES string of the molecule is Cc1cc(OCC(=O)O)ccc1NC(=O)C1CCN(C(=O)C(C)C)CC1. The number of carbonyl (C=O) groups is 3. The molecule has 1 aliphatic rings. The van der Waals surface area contributed by atoms with Crippen LogP contribution in [-0.2, 0) is 14.4 Å². The van der Waals surface area contributed by atoms with Crippen LogP contribution < -0.4 is 10.1 Å². The van der Waals surface area contributed by atoms with Crippen LogP contribution in [0.3, 0.4) is 0 Å². The highest BCUT2D eigenvalue weighted by Gasteiger charge is 2.28. The third-order valence-electron chi connectivity index (χ3n) is 4.49. The third kappa shape index (κ3) is 5.21. The highest BCUT2D eigenvalue weighted by molar-refractivity contribution is 5.93. The standard InChI is InChI=1S/C19H26N2O5/c1-12(2)19(25)21-8-6-14(7-9-21)18(24)20-16-5-4-15(10-13(16)3)26-11-17(22)23/h4-5,10,12,14H,6-9,11H2,1-3H3,(H,20,24)(H,22,23). The minimum atomic E-state index is -1.04. The van der Waals surface area contributed by atoms with Crippen LogP contribution in [0, 0.1) is 18.8 Å². The van der Waals surface area contributed by atoms with Gasteiger partial charge < -0.3 is 20.1 Å². The number of aliphatic carboxylic acids is 1. The maximum absolute atomic E-state index is 12.5. The third-order valence-corrected chi connectivity index (χ3v) is 4.49. The smallest absolute Gasteiger partial charge is 0.341 e. The highest BCUT2D eigenvalue weighted by Crippen LogP contribution is 2.24. The molecule has 1 saturated heterocycles. The van der Waals surface area contributed by atoms with Crippen LogP contribution in [0.25, 0.3) is 0 Å². The summed E-state index contributed by atoms with van der Waals surface area (Å²) in [6, 6.07) is 5.04. The molecule has 0 bridgehead atoms. The number of hydrogen-bond donors (Lipinski definition) is 2. The average molecular weight is 362 g/mol. The van der Waals surface area contributed by atoms with Crippen LogP contribution in [0.1, 0.15) is 32.3 Å². The number of hydrogen-bond acceptors (Lipinski definition) is 4. The summed E-state index contributed by atoms with van der Waals surface area (Å²) in [5.74, 6) is -0.648. The first-order chi connectivity index (χ1) is 12.3. The van der Waals surface area contributed by atoms with Crippen molar-refractivity contribution in [2.45, 2.75) is 33.6 Å². The molecular formula is C19H26N2O5. The lowest BCUT2D eigenvalue weighted by atomic mass is 9.95. The Hall–Kier alpha value is -2.57. The zero-order valence-corrected chi connectivity index (χ0v) is 15.4. The van der Waals surface area contributed by atoms with Crippen molar-refractivity contribution in [3.63, 3.8) is 0 Å². The maximum atomic E-state index is 12.5. The van der Waals surface area contributed by atoms with Gasteiger partial charge in [0.05, 0.1) is 0 Å². The molecule has 0 atom stereocenters. The number of ether oxygens (including phenoxy) is 1. The molecular weight excluding hydrogens is 336 g/mol. The van der Waals surface area contributed by atoms with Gasteiger partial charge in [0.15, 0.2) is 6.61 Å².